The highest BCUT2D eigenvalue weighted by atomic mass is 32.2. The minimum absolute atomic E-state index is 0.254. The van der Waals surface area contributed by atoms with E-state index in [1.165, 1.54) is 25.5 Å². The third-order valence-electron chi connectivity index (χ3n) is 4.18. The Balaban J connectivity index is 2.01. The minimum atomic E-state index is -3.10. The van der Waals surface area contributed by atoms with Crippen molar-refractivity contribution >= 4 is 9.84 Å². The standard InChI is InChI=1S/C15H23NO2S/c1-11(13-5-4-6-13)16-12(2)14-7-9-15(10-8-14)19(3,17)18/h7-13,16H,4-6H2,1-3H3. The maximum Gasteiger partial charge on any atom is 0.175 e. The van der Waals surface area contributed by atoms with E-state index in [0.717, 1.165) is 11.5 Å². The van der Waals surface area contributed by atoms with E-state index >= 15 is 0 Å². The second-order valence-corrected chi connectivity index (χ2v) is 7.72. The maximum atomic E-state index is 11.4. The molecule has 0 bridgehead atoms. The third-order valence-corrected chi connectivity index (χ3v) is 5.31. The maximum absolute atomic E-state index is 11.4. The third kappa shape index (κ3) is 3.57. The fourth-order valence-electron chi connectivity index (χ4n) is 2.57. The van der Waals surface area contributed by atoms with Gasteiger partial charge in [-0.1, -0.05) is 18.6 Å². The molecule has 2 atom stereocenters. The summed E-state index contributed by atoms with van der Waals surface area (Å²) in [6, 6.07) is 7.97. The number of nitrogens with one attached hydrogen (secondary N) is 1. The van der Waals surface area contributed by atoms with Crippen molar-refractivity contribution < 1.29 is 8.42 Å². The van der Waals surface area contributed by atoms with Gasteiger partial charge in [0.15, 0.2) is 9.84 Å². The molecule has 1 aliphatic rings. The van der Waals surface area contributed by atoms with Crippen LogP contribution in [0.4, 0.5) is 0 Å². The van der Waals surface area contributed by atoms with Crippen molar-refractivity contribution in [2.75, 3.05) is 6.26 Å². The average molecular weight is 281 g/mol. The van der Waals surface area contributed by atoms with E-state index in [1.54, 1.807) is 12.1 Å². The van der Waals surface area contributed by atoms with Gasteiger partial charge in [0.2, 0.25) is 0 Å². The molecule has 0 spiro atoms. The molecule has 1 aliphatic carbocycles. The number of benzene rings is 1. The highest BCUT2D eigenvalue weighted by Gasteiger charge is 2.24. The summed E-state index contributed by atoms with van der Waals surface area (Å²) in [5, 5.41) is 3.61. The van der Waals surface area contributed by atoms with E-state index < -0.39 is 9.84 Å². The van der Waals surface area contributed by atoms with Gasteiger partial charge in [-0.3, -0.25) is 0 Å². The molecule has 0 aliphatic heterocycles. The molecule has 0 radical (unpaired) electrons. The van der Waals surface area contributed by atoms with Crippen LogP contribution in [0.2, 0.25) is 0 Å². The molecule has 4 heteroatoms. The molecule has 0 aromatic heterocycles. The second-order valence-electron chi connectivity index (χ2n) is 5.71. The van der Waals surface area contributed by atoms with E-state index in [1.807, 2.05) is 12.1 Å². The second kappa shape index (κ2) is 5.63. The van der Waals surface area contributed by atoms with Crippen LogP contribution in [0.3, 0.4) is 0 Å². The molecule has 2 rings (SSSR count). The van der Waals surface area contributed by atoms with E-state index in [-0.39, 0.29) is 6.04 Å². The average Bonchev–Trinajstić information content (AvgIpc) is 2.25. The molecule has 2 unspecified atom stereocenters. The number of rotatable bonds is 5. The predicted octanol–water partition coefficient (Wildman–Crippen LogP) is 2.93. The van der Waals surface area contributed by atoms with Gasteiger partial charge in [0.25, 0.3) is 0 Å². The molecular formula is C15H23NO2S. The summed E-state index contributed by atoms with van der Waals surface area (Å²) in [7, 11) is -3.10. The van der Waals surface area contributed by atoms with Gasteiger partial charge in [-0.2, -0.15) is 0 Å². The van der Waals surface area contributed by atoms with Crippen molar-refractivity contribution in [1.82, 2.24) is 5.32 Å². The first kappa shape index (κ1) is 14.5. The topological polar surface area (TPSA) is 46.2 Å². The van der Waals surface area contributed by atoms with E-state index in [0.29, 0.717) is 10.9 Å². The highest BCUT2D eigenvalue weighted by molar-refractivity contribution is 7.90. The van der Waals surface area contributed by atoms with Crippen LogP contribution in [-0.2, 0) is 9.84 Å². The lowest BCUT2D eigenvalue weighted by atomic mass is 9.80. The number of hydrogen-bond acceptors (Lipinski definition) is 3. The Morgan fingerprint density at radius 1 is 1.16 bits per heavy atom. The van der Waals surface area contributed by atoms with Gasteiger partial charge in [0, 0.05) is 18.3 Å². The molecule has 0 heterocycles. The number of sulfone groups is 1. The Morgan fingerprint density at radius 3 is 2.16 bits per heavy atom. The SMILES string of the molecule is CC(NC(C)C1CCC1)c1ccc(S(C)(=O)=O)cc1. The summed E-state index contributed by atoms with van der Waals surface area (Å²) in [4.78, 5) is 0.385. The van der Waals surface area contributed by atoms with Crippen LogP contribution in [0, 0.1) is 5.92 Å². The zero-order valence-electron chi connectivity index (χ0n) is 11.9. The Morgan fingerprint density at radius 2 is 1.74 bits per heavy atom. The van der Waals surface area contributed by atoms with E-state index in [4.69, 9.17) is 0 Å². The molecule has 1 N–H and O–H groups in total. The van der Waals surface area contributed by atoms with Crippen LogP contribution in [-0.4, -0.2) is 20.7 Å². The minimum Gasteiger partial charge on any atom is -0.307 e. The van der Waals surface area contributed by atoms with Gasteiger partial charge in [0.05, 0.1) is 4.90 Å². The lowest BCUT2D eigenvalue weighted by Crippen LogP contribution is -2.38. The van der Waals surface area contributed by atoms with Gasteiger partial charge in [-0.15, -0.1) is 0 Å². The van der Waals surface area contributed by atoms with Gasteiger partial charge < -0.3 is 5.32 Å². The normalized spacial score (nSPS) is 19.7. The van der Waals surface area contributed by atoms with Crippen molar-refractivity contribution in [2.24, 2.45) is 5.92 Å². The Labute approximate surface area is 116 Å². The monoisotopic (exact) mass is 281 g/mol. The quantitative estimate of drug-likeness (QED) is 0.902. The molecule has 1 aromatic rings. The Bertz CT molecular complexity index is 518. The zero-order valence-corrected chi connectivity index (χ0v) is 12.7. The molecule has 0 amide bonds. The van der Waals surface area contributed by atoms with Crippen molar-refractivity contribution in [3.8, 4) is 0 Å². The molecule has 1 aromatic carbocycles. The van der Waals surface area contributed by atoms with E-state index in [9.17, 15) is 8.42 Å². The summed E-state index contributed by atoms with van der Waals surface area (Å²) < 4.78 is 22.8. The molecule has 106 valence electrons. The van der Waals surface area contributed by atoms with Crippen molar-refractivity contribution in [3.05, 3.63) is 29.8 Å². The largest absolute Gasteiger partial charge is 0.307 e. The first-order valence-electron chi connectivity index (χ1n) is 6.94. The molecule has 0 saturated heterocycles. The van der Waals surface area contributed by atoms with Gasteiger partial charge in [-0.25, -0.2) is 8.42 Å². The van der Waals surface area contributed by atoms with Crippen LogP contribution in [0.25, 0.3) is 0 Å². The van der Waals surface area contributed by atoms with Crippen LogP contribution < -0.4 is 5.32 Å². The van der Waals surface area contributed by atoms with Crippen LogP contribution >= 0.6 is 0 Å². The first-order valence-corrected chi connectivity index (χ1v) is 8.83. The van der Waals surface area contributed by atoms with Gasteiger partial charge in [0.1, 0.15) is 0 Å². The summed E-state index contributed by atoms with van der Waals surface area (Å²) in [5.74, 6) is 0.803. The first-order chi connectivity index (χ1) is 8.88. The van der Waals surface area contributed by atoms with Crippen LogP contribution in [0.15, 0.2) is 29.2 Å². The van der Waals surface area contributed by atoms with Crippen molar-refractivity contribution in [3.63, 3.8) is 0 Å². The molecule has 1 fully saturated rings. The highest BCUT2D eigenvalue weighted by Crippen LogP contribution is 2.30. The summed E-state index contributed by atoms with van der Waals surface area (Å²) in [6.07, 6.45) is 5.25. The Hall–Kier alpha value is -0.870. The Kier molecular flexibility index (Phi) is 4.31. The summed E-state index contributed by atoms with van der Waals surface area (Å²) in [5.41, 5.74) is 1.14. The lowest BCUT2D eigenvalue weighted by Gasteiger charge is -2.34. The molecule has 1 saturated carbocycles. The lowest BCUT2D eigenvalue weighted by molar-refractivity contribution is 0.230. The summed E-state index contributed by atoms with van der Waals surface area (Å²) in [6.45, 7) is 4.37. The molecular weight excluding hydrogens is 258 g/mol. The van der Waals surface area contributed by atoms with Crippen LogP contribution in [0.1, 0.15) is 44.7 Å². The molecule has 19 heavy (non-hydrogen) atoms. The smallest absolute Gasteiger partial charge is 0.175 e. The summed E-state index contributed by atoms with van der Waals surface area (Å²) >= 11 is 0. The van der Waals surface area contributed by atoms with Crippen LogP contribution in [0.5, 0.6) is 0 Å². The van der Waals surface area contributed by atoms with Gasteiger partial charge in [-0.05, 0) is 50.3 Å². The zero-order chi connectivity index (χ0) is 14.0. The van der Waals surface area contributed by atoms with E-state index in [2.05, 4.69) is 19.2 Å². The van der Waals surface area contributed by atoms with Crippen molar-refractivity contribution in [2.45, 2.75) is 50.1 Å². The number of hydrogen-bond donors (Lipinski definition) is 1. The predicted molar refractivity (Wildman–Crippen MR) is 77.9 cm³/mol. The van der Waals surface area contributed by atoms with Crippen molar-refractivity contribution in [1.29, 1.82) is 0 Å². The molecule has 3 nitrogen and oxygen atoms in total. The fourth-order valence-corrected chi connectivity index (χ4v) is 3.20. The van der Waals surface area contributed by atoms with Gasteiger partial charge >= 0.3 is 0 Å². The fraction of sp³-hybridized carbons (Fsp3) is 0.600.